The smallest absolute Gasteiger partial charge is 0.293 e. The van der Waals surface area contributed by atoms with Gasteiger partial charge in [-0.25, -0.2) is 0 Å². The number of hydrogen-bond donors (Lipinski definition) is 2. The van der Waals surface area contributed by atoms with Crippen LogP contribution in [-0.4, -0.2) is 79.2 Å². The summed E-state index contributed by atoms with van der Waals surface area (Å²) < 4.78 is 5.32. The zero-order valence-corrected chi connectivity index (χ0v) is 23.2. The van der Waals surface area contributed by atoms with Crippen molar-refractivity contribution in [1.29, 1.82) is 0 Å². The second-order valence-electron chi connectivity index (χ2n) is 9.27. The van der Waals surface area contributed by atoms with E-state index in [4.69, 9.17) is 17.0 Å². The van der Waals surface area contributed by atoms with Gasteiger partial charge in [-0.2, -0.15) is 0 Å². The number of nitro groups is 1. The molecule has 2 N–H and O–H groups in total. The molecule has 40 heavy (non-hydrogen) atoms. The number of nitro benzene ring substituents is 1. The van der Waals surface area contributed by atoms with Crippen molar-refractivity contribution in [1.82, 2.24) is 10.2 Å². The molecular weight excluding hydrogens is 552 g/mol. The fourth-order valence-corrected chi connectivity index (χ4v) is 5.60. The Bertz CT molecular complexity index is 1380. The number of thiophene rings is 1. The van der Waals surface area contributed by atoms with Crippen molar-refractivity contribution < 1.29 is 19.2 Å². The van der Waals surface area contributed by atoms with Gasteiger partial charge in [-0.15, -0.1) is 11.3 Å². The maximum atomic E-state index is 12.8. The van der Waals surface area contributed by atoms with Gasteiger partial charge in [0.15, 0.2) is 5.11 Å². The maximum Gasteiger partial charge on any atom is 0.293 e. The number of thiocarbonyl (C=S) groups is 1. The number of nitrogens with one attached hydrogen (secondary N) is 2. The molecule has 1 aromatic heterocycles. The molecule has 0 atom stereocenters. The van der Waals surface area contributed by atoms with Crippen LogP contribution in [0.2, 0.25) is 0 Å². The Labute approximate surface area is 240 Å². The zero-order chi connectivity index (χ0) is 28.1. The highest BCUT2D eigenvalue weighted by Gasteiger charge is 2.24. The lowest BCUT2D eigenvalue weighted by atomic mass is 10.1. The van der Waals surface area contributed by atoms with Crippen molar-refractivity contribution in [2.45, 2.75) is 0 Å². The summed E-state index contributed by atoms with van der Waals surface area (Å²) in [7, 11) is 0. The van der Waals surface area contributed by atoms with E-state index in [1.807, 2.05) is 51.6 Å². The molecule has 2 aliphatic heterocycles. The fraction of sp³-hybridized carbons (Fsp3) is 0.296. The van der Waals surface area contributed by atoms with E-state index in [2.05, 4.69) is 15.5 Å². The third-order valence-corrected chi connectivity index (χ3v) is 7.86. The number of carbonyl (C=O) groups excluding carboxylic acids is 2. The predicted molar refractivity (Wildman–Crippen MR) is 159 cm³/mol. The van der Waals surface area contributed by atoms with Crippen molar-refractivity contribution in [2.75, 3.05) is 67.6 Å². The molecule has 0 unspecified atom stereocenters. The lowest BCUT2D eigenvalue weighted by Crippen LogP contribution is -2.48. The minimum Gasteiger partial charge on any atom is -0.378 e. The van der Waals surface area contributed by atoms with Gasteiger partial charge in [-0.3, -0.25) is 25.0 Å². The lowest BCUT2D eigenvalue weighted by Gasteiger charge is -2.36. The van der Waals surface area contributed by atoms with Gasteiger partial charge in [-0.1, -0.05) is 6.07 Å². The average Bonchev–Trinajstić information content (AvgIpc) is 3.52. The van der Waals surface area contributed by atoms with E-state index >= 15 is 0 Å². The Morgan fingerprint density at radius 1 is 0.950 bits per heavy atom. The normalized spacial score (nSPS) is 15.4. The predicted octanol–water partition coefficient (Wildman–Crippen LogP) is 3.58. The molecule has 208 valence electrons. The number of piperazine rings is 1. The summed E-state index contributed by atoms with van der Waals surface area (Å²) in [5.41, 5.74) is 2.17. The van der Waals surface area contributed by atoms with E-state index < -0.39 is 10.8 Å². The summed E-state index contributed by atoms with van der Waals surface area (Å²) >= 11 is 6.76. The monoisotopic (exact) mass is 580 g/mol. The summed E-state index contributed by atoms with van der Waals surface area (Å²) in [4.78, 5) is 43.3. The number of anilines is 3. The van der Waals surface area contributed by atoms with Crippen molar-refractivity contribution in [3.05, 3.63) is 80.5 Å². The number of rotatable bonds is 6. The fourth-order valence-electron chi connectivity index (χ4n) is 4.70. The van der Waals surface area contributed by atoms with Crippen molar-refractivity contribution in [2.24, 2.45) is 0 Å². The van der Waals surface area contributed by atoms with Crippen LogP contribution in [0.15, 0.2) is 60.0 Å². The SMILES string of the molecule is O=C(NC(=S)Nc1ccc(N2CCN(C(=O)c3cccs3)CC2)cc1)c1ccc(N2CCOCC2)c([N+](=O)[O-])c1. The molecular formula is C27H28N6O5S2. The highest BCUT2D eigenvalue weighted by Crippen LogP contribution is 2.30. The van der Waals surface area contributed by atoms with E-state index in [9.17, 15) is 19.7 Å². The first-order valence-corrected chi connectivity index (χ1v) is 14.1. The Balaban J connectivity index is 1.14. The van der Waals surface area contributed by atoms with E-state index in [1.54, 1.807) is 12.1 Å². The third-order valence-electron chi connectivity index (χ3n) is 6.80. The Morgan fingerprint density at radius 2 is 1.68 bits per heavy atom. The third kappa shape index (κ3) is 6.38. The van der Waals surface area contributed by atoms with Crippen LogP contribution < -0.4 is 20.4 Å². The van der Waals surface area contributed by atoms with Gasteiger partial charge in [0.1, 0.15) is 5.69 Å². The lowest BCUT2D eigenvalue weighted by molar-refractivity contribution is -0.384. The van der Waals surface area contributed by atoms with Gasteiger partial charge in [-0.05, 0) is 60.1 Å². The number of morpholine rings is 1. The molecule has 0 spiro atoms. The van der Waals surface area contributed by atoms with Crippen LogP contribution in [0.3, 0.4) is 0 Å². The first kappa shape index (κ1) is 27.5. The van der Waals surface area contributed by atoms with Crippen molar-refractivity contribution in [3.63, 3.8) is 0 Å². The van der Waals surface area contributed by atoms with Crippen molar-refractivity contribution in [3.8, 4) is 0 Å². The van der Waals surface area contributed by atoms with Gasteiger partial charge in [0.2, 0.25) is 0 Å². The Morgan fingerprint density at radius 3 is 2.33 bits per heavy atom. The number of hydrogen-bond acceptors (Lipinski definition) is 9. The molecule has 0 aliphatic carbocycles. The van der Waals surface area contributed by atoms with Crippen LogP contribution in [-0.2, 0) is 4.74 Å². The van der Waals surface area contributed by atoms with Gasteiger partial charge in [0, 0.05) is 62.3 Å². The molecule has 2 aliphatic rings. The minimum absolute atomic E-state index is 0.0763. The Kier molecular flexibility index (Phi) is 8.53. The first-order valence-electron chi connectivity index (χ1n) is 12.8. The molecule has 2 aromatic carbocycles. The highest BCUT2D eigenvalue weighted by molar-refractivity contribution is 7.80. The van der Waals surface area contributed by atoms with Crippen LogP contribution in [0.5, 0.6) is 0 Å². The second-order valence-corrected chi connectivity index (χ2v) is 10.6. The van der Waals surface area contributed by atoms with Crippen LogP contribution >= 0.6 is 23.6 Å². The maximum absolute atomic E-state index is 12.8. The van der Waals surface area contributed by atoms with E-state index in [1.165, 1.54) is 17.4 Å². The van der Waals surface area contributed by atoms with Crippen LogP contribution in [0.4, 0.5) is 22.7 Å². The minimum atomic E-state index is -0.541. The molecule has 0 bridgehead atoms. The molecule has 13 heteroatoms. The number of nitrogens with zero attached hydrogens (tertiary/aromatic N) is 4. The second kappa shape index (κ2) is 12.4. The topological polar surface area (TPSA) is 120 Å². The van der Waals surface area contributed by atoms with Gasteiger partial charge in [0.25, 0.3) is 17.5 Å². The van der Waals surface area contributed by atoms with Crippen LogP contribution in [0.25, 0.3) is 0 Å². The van der Waals surface area contributed by atoms with Gasteiger partial charge >= 0.3 is 0 Å². The van der Waals surface area contributed by atoms with Crippen molar-refractivity contribution >= 4 is 63.2 Å². The summed E-state index contributed by atoms with van der Waals surface area (Å²) in [6, 6.07) is 15.8. The molecule has 2 saturated heterocycles. The summed E-state index contributed by atoms with van der Waals surface area (Å²) in [5.74, 6) is -0.465. The van der Waals surface area contributed by atoms with E-state index in [0.717, 1.165) is 23.7 Å². The van der Waals surface area contributed by atoms with Gasteiger partial charge in [0.05, 0.1) is 23.0 Å². The summed E-state index contributed by atoms with van der Waals surface area (Å²) in [6.45, 7) is 4.84. The molecule has 11 nitrogen and oxygen atoms in total. The number of amides is 2. The zero-order valence-electron chi connectivity index (χ0n) is 21.6. The average molecular weight is 581 g/mol. The molecule has 0 saturated carbocycles. The molecule has 5 rings (SSSR count). The number of benzene rings is 2. The van der Waals surface area contributed by atoms with Crippen LogP contribution in [0.1, 0.15) is 20.0 Å². The standard InChI is InChI=1S/C27H28N6O5S2/c34-25(19-3-8-22(23(18-19)33(36)37)31-13-15-38-16-14-31)29-27(39)28-20-4-6-21(7-5-20)30-9-11-32(12-10-30)26(35)24-2-1-17-40-24/h1-8,17-18H,9-16H2,(H2,28,29,34,39). The summed E-state index contributed by atoms with van der Waals surface area (Å²) in [6.07, 6.45) is 0. The van der Waals surface area contributed by atoms with Crippen LogP contribution in [0, 0.1) is 10.1 Å². The molecule has 3 aromatic rings. The van der Waals surface area contributed by atoms with E-state index in [-0.39, 0.29) is 22.3 Å². The summed E-state index contributed by atoms with van der Waals surface area (Å²) in [5, 5.41) is 19.3. The van der Waals surface area contributed by atoms with E-state index in [0.29, 0.717) is 50.8 Å². The number of ether oxygens (including phenoxy) is 1. The first-order chi connectivity index (χ1) is 19.4. The molecule has 2 amide bonds. The molecule has 2 fully saturated rings. The Hall–Kier alpha value is -4.07. The quantitative estimate of drug-likeness (QED) is 0.256. The van der Waals surface area contributed by atoms with Gasteiger partial charge < -0.3 is 24.8 Å². The molecule has 3 heterocycles. The highest BCUT2D eigenvalue weighted by atomic mass is 32.1. The largest absolute Gasteiger partial charge is 0.378 e. The number of carbonyl (C=O) groups is 2. The molecule has 0 radical (unpaired) electrons.